The molecule has 0 unspecified atom stereocenters. The Labute approximate surface area is 142 Å². The molecule has 0 atom stereocenters. The maximum atomic E-state index is 12.8. The third-order valence-electron chi connectivity index (χ3n) is 3.00. The van der Waals surface area contributed by atoms with E-state index in [-0.39, 0.29) is 22.8 Å². The Balaban J connectivity index is 1.74. The molecule has 3 rings (SSSR count). The maximum Gasteiger partial charge on any atom is 0.307 e. The maximum absolute atomic E-state index is 12.8. The second-order valence-electron chi connectivity index (χ2n) is 4.70. The zero-order valence-electron chi connectivity index (χ0n) is 12.2. The lowest BCUT2D eigenvalue weighted by atomic mass is 10.4. The number of furan rings is 1. The molecule has 0 bridgehead atoms. The second-order valence-corrected chi connectivity index (χ2v) is 5.09. The topological polar surface area (TPSA) is 120 Å². The average Bonchev–Trinajstić information content (AvgIpc) is 3.26. The van der Waals surface area contributed by atoms with Crippen molar-refractivity contribution in [1.29, 1.82) is 0 Å². The lowest BCUT2D eigenvalue weighted by Crippen LogP contribution is -1.99. The first kappa shape index (κ1) is 16.6. The fourth-order valence-corrected chi connectivity index (χ4v) is 2.10. The first-order valence-corrected chi connectivity index (χ1v) is 7.10. The highest BCUT2D eigenvalue weighted by molar-refractivity contribution is 7.71. The zero-order valence-corrected chi connectivity index (χ0v) is 13.1. The molecule has 0 fully saturated rings. The summed E-state index contributed by atoms with van der Waals surface area (Å²) in [5, 5.41) is 23.9. The normalized spacial score (nSPS) is 11.6. The zero-order chi connectivity index (χ0) is 18.0. The molecule has 3 heterocycles. The van der Waals surface area contributed by atoms with Crippen molar-refractivity contribution < 1.29 is 18.1 Å². The molecule has 130 valence electrons. The highest BCUT2D eigenvalue weighted by Gasteiger charge is 2.16. The van der Waals surface area contributed by atoms with Gasteiger partial charge >= 0.3 is 5.69 Å². The predicted octanol–water partition coefficient (Wildman–Crippen LogP) is 2.51. The quantitative estimate of drug-likeness (QED) is 0.308. The summed E-state index contributed by atoms with van der Waals surface area (Å²) in [5.41, 5.74) is -0.137. The van der Waals surface area contributed by atoms with E-state index >= 15 is 0 Å². The summed E-state index contributed by atoms with van der Waals surface area (Å²) < 4.78 is 33.0. The molecular formula is C12H9F2N7O3S. The van der Waals surface area contributed by atoms with E-state index in [2.05, 4.69) is 20.4 Å². The number of nitrogens with zero attached hydrogens (tertiary/aromatic N) is 6. The smallest absolute Gasteiger partial charge is 0.307 e. The van der Waals surface area contributed by atoms with Crippen LogP contribution in [0.2, 0.25) is 0 Å². The van der Waals surface area contributed by atoms with Gasteiger partial charge in [-0.2, -0.15) is 20.0 Å². The van der Waals surface area contributed by atoms with Gasteiger partial charge in [-0.05, 0) is 24.4 Å². The molecule has 10 nitrogen and oxygen atoms in total. The van der Waals surface area contributed by atoms with Gasteiger partial charge in [0.15, 0.2) is 0 Å². The van der Waals surface area contributed by atoms with Gasteiger partial charge in [0.25, 0.3) is 6.43 Å². The van der Waals surface area contributed by atoms with Crippen LogP contribution in [0.3, 0.4) is 0 Å². The number of halogens is 2. The van der Waals surface area contributed by atoms with Gasteiger partial charge in [0.05, 0.1) is 17.7 Å². The average molecular weight is 369 g/mol. The second kappa shape index (κ2) is 6.72. The van der Waals surface area contributed by atoms with Crippen molar-refractivity contribution in [2.75, 3.05) is 0 Å². The minimum Gasteiger partial charge on any atom is -0.458 e. The monoisotopic (exact) mass is 369 g/mol. The van der Waals surface area contributed by atoms with E-state index < -0.39 is 17.2 Å². The summed E-state index contributed by atoms with van der Waals surface area (Å²) in [7, 11) is 0. The van der Waals surface area contributed by atoms with E-state index in [1.165, 1.54) is 17.1 Å². The third kappa shape index (κ3) is 3.65. The first-order chi connectivity index (χ1) is 11.9. The fourth-order valence-electron chi connectivity index (χ4n) is 1.91. The Bertz CT molecular complexity index is 987. The van der Waals surface area contributed by atoms with Crippen LogP contribution in [-0.2, 0) is 6.54 Å². The van der Waals surface area contributed by atoms with Crippen molar-refractivity contribution in [3.8, 4) is 0 Å². The molecule has 13 heteroatoms. The summed E-state index contributed by atoms with van der Waals surface area (Å²) in [5.74, 6) is 0.112. The predicted molar refractivity (Wildman–Crippen MR) is 82.1 cm³/mol. The van der Waals surface area contributed by atoms with Gasteiger partial charge in [0.1, 0.15) is 23.9 Å². The Morgan fingerprint density at radius 3 is 3.00 bits per heavy atom. The number of nitro groups is 1. The van der Waals surface area contributed by atoms with Gasteiger partial charge in [-0.25, -0.2) is 13.9 Å². The van der Waals surface area contributed by atoms with Gasteiger partial charge in [-0.15, -0.1) is 0 Å². The number of aromatic amines is 1. The lowest BCUT2D eigenvalue weighted by Gasteiger charge is -1.98. The van der Waals surface area contributed by atoms with Crippen LogP contribution in [0, 0.1) is 14.9 Å². The summed E-state index contributed by atoms with van der Waals surface area (Å²) in [6.07, 6.45) is 0.743. The van der Waals surface area contributed by atoms with Gasteiger partial charge in [0, 0.05) is 0 Å². The molecule has 25 heavy (non-hydrogen) atoms. The number of aromatic nitrogens is 5. The number of hydrogen-bond acceptors (Lipinski definition) is 7. The summed E-state index contributed by atoms with van der Waals surface area (Å²) >= 11 is 4.82. The first-order valence-electron chi connectivity index (χ1n) is 6.69. The number of nitrogens with one attached hydrogen (secondary N) is 1. The molecule has 3 aromatic rings. The standard InChI is InChI=1S/C12H9F2N7O3S/c13-10(14)11-17-18-12(25)20(11)16-4-8-1-2-9(24-8)6-19-5-7(3-15-19)21(22)23/h1-5,10H,6H2,(H,18,25)/b16-4+. The minimum absolute atomic E-state index is 0.0813. The van der Waals surface area contributed by atoms with Crippen molar-refractivity contribution >= 4 is 24.1 Å². The molecule has 1 N–H and O–H groups in total. The molecule has 0 amide bonds. The van der Waals surface area contributed by atoms with E-state index in [1.54, 1.807) is 12.1 Å². The van der Waals surface area contributed by atoms with Crippen LogP contribution < -0.4 is 0 Å². The lowest BCUT2D eigenvalue weighted by molar-refractivity contribution is -0.385. The molecule has 0 aliphatic heterocycles. The van der Waals surface area contributed by atoms with Crippen LogP contribution in [0.1, 0.15) is 23.8 Å². The Hall–Kier alpha value is -3.22. The van der Waals surface area contributed by atoms with Crippen LogP contribution in [-0.4, -0.2) is 35.8 Å². The molecule has 0 saturated heterocycles. The Kier molecular flexibility index (Phi) is 4.47. The molecule has 0 saturated carbocycles. The van der Waals surface area contributed by atoms with E-state index in [0.29, 0.717) is 5.76 Å². The van der Waals surface area contributed by atoms with Crippen LogP contribution in [0.25, 0.3) is 0 Å². The van der Waals surface area contributed by atoms with Crippen LogP contribution in [0.15, 0.2) is 34.0 Å². The molecule has 0 aliphatic carbocycles. The summed E-state index contributed by atoms with van der Waals surface area (Å²) in [4.78, 5) is 10.1. The van der Waals surface area contributed by atoms with Gasteiger partial charge in [0.2, 0.25) is 10.6 Å². The van der Waals surface area contributed by atoms with Gasteiger partial charge in [-0.3, -0.25) is 14.8 Å². The molecule has 0 radical (unpaired) electrons. The molecule has 0 spiro atoms. The Morgan fingerprint density at radius 1 is 1.52 bits per heavy atom. The summed E-state index contributed by atoms with van der Waals surface area (Å²) in [6.45, 7) is 0.162. The van der Waals surface area contributed by atoms with Crippen LogP contribution in [0.5, 0.6) is 0 Å². The fraction of sp³-hybridized carbons (Fsp3) is 0.167. The van der Waals surface area contributed by atoms with Crippen molar-refractivity contribution in [2.24, 2.45) is 5.10 Å². The van der Waals surface area contributed by atoms with Crippen molar-refractivity contribution in [2.45, 2.75) is 13.0 Å². The minimum atomic E-state index is -2.84. The molecule has 0 aliphatic rings. The Morgan fingerprint density at radius 2 is 2.32 bits per heavy atom. The van der Waals surface area contributed by atoms with Gasteiger partial charge in [-0.1, -0.05) is 0 Å². The summed E-state index contributed by atoms with van der Waals surface area (Å²) in [6, 6.07) is 3.17. The van der Waals surface area contributed by atoms with E-state index in [1.807, 2.05) is 0 Å². The third-order valence-corrected chi connectivity index (χ3v) is 3.27. The van der Waals surface area contributed by atoms with Crippen molar-refractivity contribution in [3.05, 3.63) is 56.8 Å². The van der Waals surface area contributed by atoms with Crippen molar-refractivity contribution in [1.82, 2.24) is 24.7 Å². The SMILES string of the molecule is O=[N+]([O-])c1cnn(Cc2ccc(/C=N/n3c(C(F)F)n[nH]c3=S)o2)c1. The van der Waals surface area contributed by atoms with E-state index in [9.17, 15) is 18.9 Å². The van der Waals surface area contributed by atoms with Crippen LogP contribution >= 0.6 is 12.2 Å². The number of rotatable bonds is 6. The highest BCUT2D eigenvalue weighted by atomic mass is 32.1. The molecule has 3 aromatic heterocycles. The van der Waals surface area contributed by atoms with E-state index in [4.69, 9.17) is 16.6 Å². The number of H-pyrrole nitrogens is 1. The van der Waals surface area contributed by atoms with Gasteiger partial charge < -0.3 is 4.42 Å². The van der Waals surface area contributed by atoms with Crippen LogP contribution in [0.4, 0.5) is 14.5 Å². The highest BCUT2D eigenvalue weighted by Crippen LogP contribution is 2.16. The largest absolute Gasteiger partial charge is 0.458 e. The van der Waals surface area contributed by atoms with Crippen molar-refractivity contribution in [3.63, 3.8) is 0 Å². The molecular weight excluding hydrogens is 360 g/mol. The molecule has 0 aromatic carbocycles. The van der Waals surface area contributed by atoms with E-state index in [0.717, 1.165) is 10.9 Å². The number of hydrogen-bond donors (Lipinski definition) is 1. The number of alkyl halides is 2.